The first-order valence-electron chi connectivity index (χ1n) is 4.96. The number of carbonyl (C=O) groups is 2. The van der Waals surface area contributed by atoms with Crippen LogP contribution in [0.5, 0.6) is 0 Å². The van der Waals surface area contributed by atoms with Crippen molar-refractivity contribution in [3.8, 4) is 0 Å². The van der Waals surface area contributed by atoms with E-state index in [0.717, 1.165) is 5.56 Å². The van der Waals surface area contributed by atoms with Crippen molar-refractivity contribution in [3.63, 3.8) is 0 Å². The average molecular weight is 320 g/mol. The summed E-state index contributed by atoms with van der Waals surface area (Å²) in [4.78, 5) is 23.0. The van der Waals surface area contributed by atoms with Crippen molar-refractivity contribution in [3.05, 3.63) is 34.9 Å². The number of esters is 1. The second-order valence-corrected chi connectivity index (χ2v) is 4.29. The van der Waals surface area contributed by atoms with Gasteiger partial charge in [0.15, 0.2) is 0 Å². The number of carbonyl (C=O) groups excluding carboxylic acids is 2. The van der Waals surface area contributed by atoms with Gasteiger partial charge in [0.05, 0.1) is 18.0 Å². The summed E-state index contributed by atoms with van der Waals surface area (Å²) in [6, 6.07) is 5.20. The fraction of sp³-hybridized carbons (Fsp3) is 0.333. The van der Waals surface area contributed by atoms with Gasteiger partial charge in [0.2, 0.25) is 0 Å². The van der Waals surface area contributed by atoms with Crippen LogP contribution in [0.25, 0.3) is 0 Å². The molecule has 0 aliphatic carbocycles. The SMILES string of the molecule is COC(=O)c1cc(CCl)ccc1CC(=O)CBr. The third-order valence-electron chi connectivity index (χ3n) is 2.27. The number of rotatable bonds is 5. The molecular formula is C12H12BrClO3. The molecule has 1 aromatic carbocycles. The normalized spacial score (nSPS) is 10.1. The predicted molar refractivity (Wildman–Crippen MR) is 69.8 cm³/mol. The van der Waals surface area contributed by atoms with Gasteiger partial charge in [0, 0.05) is 12.3 Å². The van der Waals surface area contributed by atoms with Crippen molar-refractivity contribution >= 4 is 39.3 Å². The standard InChI is InChI=1S/C12H12BrClO3/c1-17-12(16)11-4-8(7-14)2-3-9(11)5-10(15)6-13/h2-4H,5-7H2,1H3. The van der Waals surface area contributed by atoms with Gasteiger partial charge in [-0.15, -0.1) is 11.6 Å². The van der Waals surface area contributed by atoms with Crippen LogP contribution >= 0.6 is 27.5 Å². The van der Waals surface area contributed by atoms with Crippen LogP contribution in [0.15, 0.2) is 18.2 Å². The molecule has 92 valence electrons. The minimum absolute atomic E-state index is 0.00813. The van der Waals surface area contributed by atoms with E-state index in [0.29, 0.717) is 17.0 Å². The number of ether oxygens (including phenoxy) is 1. The number of Topliss-reactive ketones (excluding diaryl/α,β-unsaturated/α-hetero) is 1. The molecule has 0 N–H and O–H groups in total. The summed E-state index contributed by atoms with van der Waals surface area (Å²) in [7, 11) is 1.31. The summed E-state index contributed by atoms with van der Waals surface area (Å²) in [5.41, 5.74) is 1.89. The molecule has 1 rings (SSSR count). The van der Waals surface area contributed by atoms with Gasteiger partial charge < -0.3 is 4.74 Å². The van der Waals surface area contributed by atoms with E-state index < -0.39 is 5.97 Å². The number of alkyl halides is 2. The molecule has 0 bridgehead atoms. The van der Waals surface area contributed by atoms with Crippen LogP contribution in [0, 0.1) is 0 Å². The number of hydrogen-bond donors (Lipinski definition) is 0. The molecule has 0 spiro atoms. The van der Waals surface area contributed by atoms with E-state index in [1.807, 2.05) is 0 Å². The Morgan fingerprint density at radius 2 is 2.12 bits per heavy atom. The zero-order valence-corrected chi connectivity index (χ0v) is 11.7. The molecule has 5 heteroatoms. The highest BCUT2D eigenvalue weighted by atomic mass is 79.9. The molecule has 0 heterocycles. The Morgan fingerprint density at radius 1 is 1.41 bits per heavy atom. The first-order chi connectivity index (χ1) is 8.12. The summed E-state index contributed by atoms with van der Waals surface area (Å²) >= 11 is 8.80. The predicted octanol–water partition coefficient (Wildman–Crippen LogP) is 2.72. The molecule has 0 saturated heterocycles. The Hall–Kier alpha value is -0.870. The second kappa shape index (κ2) is 6.77. The number of ketones is 1. The average Bonchev–Trinajstić information content (AvgIpc) is 2.38. The van der Waals surface area contributed by atoms with Crippen LogP contribution in [0.2, 0.25) is 0 Å². The Kier molecular flexibility index (Phi) is 5.65. The van der Waals surface area contributed by atoms with Crippen LogP contribution in [-0.2, 0) is 21.8 Å². The van der Waals surface area contributed by atoms with Crippen molar-refractivity contribution < 1.29 is 14.3 Å². The third-order valence-corrected chi connectivity index (χ3v) is 3.20. The van der Waals surface area contributed by atoms with Crippen LogP contribution in [-0.4, -0.2) is 24.2 Å². The van der Waals surface area contributed by atoms with Gasteiger partial charge in [-0.05, 0) is 17.2 Å². The summed E-state index contributed by atoms with van der Waals surface area (Å²) < 4.78 is 4.69. The first kappa shape index (κ1) is 14.2. The van der Waals surface area contributed by atoms with E-state index in [2.05, 4.69) is 20.7 Å². The molecule has 0 aliphatic heterocycles. The highest BCUT2D eigenvalue weighted by molar-refractivity contribution is 9.09. The van der Waals surface area contributed by atoms with Gasteiger partial charge in [-0.25, -0.2) is 4.79 Å². The number of hydrogen-bond acceptors (Lipinski definition) is 3. The molecule has 0 atom stereocenters. The number of methoxy groups -OCH3 is 1. The maximum absolute atomic E-state index is 11.6. The van der Waals surface area contributed by atoms with Gasteiger partial charge in [0.1, 0.15) is 5.78 Å². The lowest BCUT2D eigenvalue weighted by Crippen LogP contribution is -2.11. The lowest BCUT2D eigenvalue weighted by molar-refractivity contribution is -0.115. The van der Waals surface area contributed by atoms with Crippen molar-refractivity contribution in [1.29, 1.82) is 0 Å². The smallest absolute Gasteiger partial charge is 0.338 e. The zero-order chi connectivity index (χ0) is 12.8. The van der Waals surface area contributed by atoms with E-state index >= 15 is 0 Å². The maximum Gasteiger partial charge on any atom is 0.338 e. The molecule has 0 amide bonds. The lowest BCUT2D eigenvalue weighted by Gasteiger charge is -2.08. The third kappa shape index (κ3) is 3.82. The molecule has 1 aromatic rings. The summed E-state index contributed by atoms with van der Waals surface area (Å²) in [5.74, 6) is -0.125. The molecular weight excluding hydrogens is 307 g/mol. The summed E-state index contributed by atoms with van der Waals surface area (Å²) in [6.07, 6.45) is 0.207. The van der Waals surface area contributed by atoms with Gasteiger partial charge >= 0.3 is 5.97 Å². The molecule has 0 radical (unpaired) electrons. The molecule has 3 nitrogen and oxygen atoms in total. The van der Waals surface area contributed by atoms with E-state index in [1.165, 1.54) is 7.11 Å². The lowest BCUT2D eigenvalue weighted by atomic mass is 10.0. The van der Waals surface area contributed by atoms with Gasteiger partial charge in [-0.1, -0.05) is 28.1 Å². The summed E-state index contributed by atoms with van der Waals surface area (Å²) in [6.45, 7) is 0. The first-order valence-corrected chi connectivity index (χ1v) is 6.61. The van der Waals surface area contributed by atoms with Crippen molar-refractivity contribution in [2.24, 2.45) is 0 Å². The Labute approximate surface area is 113 Å². The highest BCUT2D eigenvalue weighted by Gasteiger charge is 2.14. The summed E-state index contributed by atoms with van der Waals surface area (Å²) in [5, 5.41) is 0.269. The van der Waals surface area contributed by atoms with Gasteiger partial charge in [0.25, 0.3) is 0 Å². The molecule has 0 unspecified atom stereocenters. The van der Waals surface area contributed by atoms with E-state index in [-0.39, 0.29) is 17.5 Å². The van der Waals surface area contributed by atoms with Gasteiger partial charge in [-0.3, -0.25) is 4.79 Å². The quantitative estimate of drug-likeness (QED) is 0.619. The van der Waals surface area contributed by atoms with Crippen molar-refractivity contribution in [2.75, 3.05) is 12.4 Å². The fourth-order valence-electron chi connectivity index (χ4n) is 1.42. The van der Waals surface area contributed by atoms with E-state index in [9.17, 15) is 9.59 Å². The number of benzene rings is 1. The Morgan fingerprint density at radius 3 is 2.65 bits per heavy atom. The second-order valence-electron chi connectivity index (χ2n) is 3.47. The Bertz CT molecular complexity index is 432. The van der Waals surface area contributed by atoms with Crippen molar-refractivity contribution in [2.45, 2.75) is 12.3 Å². The topological polar surface area (TPSA) is 43.4 Å². The largest absolute Gasteiger partial charge is 0.465 e. The van der Waals surface area contributed by atoms with Crippen LogP contribution in [0.1, 0.15) is 21.5 Å². The number of halogens is 2. The van der Waals surface area contributed by atoms with Crippen molar-refractivity contribution in [1.82, 2.24) is 0 Å². The molecule has 17 heavy (non-hydrogen) atoms. The molecule has 0 aromatic heterocycles. The molecule has 0 aliphatic rings. The van der Waals surface area contributed by atoms with Gasteiger partial charge in [-0.2, -0.15) is 0 Å². The minimum atomic E-state index is -0.450. The van der Waals surface area contributed by atoms with Crippen LogP contribution in [0.4, 0.5) is 0 Å². The maximum atomic E-state index is 11.6. The minimum Gasteiger partial charge on any atom is -0.465 e. The molecule has 0 saturated carbocycles. The van der Waals surface area contributed by atoms with Crippen LogP contribution < -0.4 is 0 Å². The monoisotopic (exact) mass is 318 g/mol. The molecule has 0 fully saturated rings. The fourth-order valence-corrected chi connectivity index (χ4v) is 1.79. The zero-order valence-electron chi connectivity index (χ0n) is 9.33. The van der Waals surface area contributed by atoms with E-state index in [4.69, 9.17) is 11.6 Å². The van der Waals surface area contributed by atoms with Crippen LogP contribution in [0.3, 0.4) is 0 Å². The highest BCUT2D eigenvalue weighted by Crippen LogP contribution is 2.16. The van der Waals surface area contributed by atoms with E-state index in [1.54, 1.807) is 18.2 Å². The Balaban J connectivity index is 3.10.